The smallest absolute Gasteiger partial charge is 0.410 e. The molecule has 3 N–H and O–H groups in total. The first kappa shape index (κ1) is 13.6. The van der Waals surface area contributed by atoms with E-state index in [1.165, 1.54) is 0 Å². The fourth-order valence-electron chi connectivity index (χ4n) is 2.54. The lowest BCUT2D eigenvalue weighted by atomic mass is 10.1. The summed E-state index contributed by atoms with van der Waals surface area (Å²) in [5.74, 6) is 0. The van der Waals surface area contributed by atoms with E-state index in [-0.39, 0.29) is 18.2 Å². The Labute approximate surface area is 107 Å². The molecule has 2 fully saturated rings. The van der Waals surface area contributed by atoms with Gasteiger partial charge in [-0.05, 0) is 27.2 Å². The molecule has 1 amide bonds. The van der Waals surface area contributed by atoms with Gasteiger partial charge in [-0.25, -0.2) is 4.79 Å². The molecule has 4 atom stereocenters. The van der Waals surface area contributed by atoms with Gasteiger partial charge in [0.1, 0.15) is 5.60 Å². The molecule has 0 bridgehead atoms. The summed E-state index contributed by atoms with van der Waals surface area (Å²) in [7, 11) is 0. The molecule has 6 heteroatoms. The van der Waals surface area contributed by atoms with Crippen LogP contribution in [0.3, 0.4) is 0 Å². The SMILES string of the molecule is CC(C)(C)OC(=O)N1CCO[C@@H]2[C@H](N)[C@H](O)C[C@@H]21. The number of hydrogen-bond donors (Lipinski definition) is 2. The summed E-state index contributed by atoms with van der Waals surface area (Å²) in [5, 5.41) is 9.78. The molecule has 2 rings (SSSR count). The third-order valence-corrected chi connectivity index (χ3v) is 3.36. The van der Waals surface area contributed by atoms with Crippen molar-refractivity contribution in [3.8, 4) is 0 Å². The van der Waals surface area contributed by atoms with E-state index in [0.29, 0.717) is 19.6 Å². The van der Waals surface area contributed by atoms with Crippen LogP contribution in [-0.2, 0) is 9.47 Å². The summed E-state index contributed by atoms with van der Waals surface area (Å²) in [6.07, 6.45) is -0.822. The van der Waals surface area contributed by atoms with Crippen LogP contribution in [0, 0.1) is 0 Å². The van der Waals surface area contributed by atoms with Crippen LogP contribution in [0.5, 0.6) is 0 Å². The van der Waals surface area contributed by atoms with Gasteiger partial charge >= 0.3 is 6.09 Å². The van der Waals surface area contributed by atoms with Crippen LogP contribution in [0.4, 0.5) is 4.79 Å². The van der Waals surface area contributed by atoms with Gasteiger partial charge in [-0.15, -0.1) is 0 Å². The van der Waals surface area contributed by atoms with Gasteiger partial charge in [0.15, 0.2) is 0 Å². The molecule has 0 aromatic heterocycles. The highest BCUT2D eigenvalue weighted by Gasteiger charge is 2.48. The third kappa shape index (κ3) is 2.60. The molecule has 18 heavy (non-hydrogen) atoms. The molecule has 6 nitrogen and oxygen atoms in total. The minimum absolute atomic E-state index is 0.182. The second kappa shape index (κ2) is 4.68. The van der Waals surface area contributed by atoms with Crippen LogP contribution >= 0.6 is 0 Å². The second-order valence-corrected chi connectivity index (χ2v) is 5.96. The highest BCUT2D eigenvalue weighted by atomic mass is 16.6. The van der Waals surface area contributed by atoms with Crippen LogP contribution in [-0.4, -0.2) is 59.1 Å². The number of amides is 1. The van der Waals surface area contributed by atoms with Crippen LogP contribution in [0.15, 0.2) is 0 Å². The van der Waals surface area contributed by atoms with Gasteiger partial charge in [-0.2, -0.15) is 0 Å². The van der Waals surface area contributed by atoms with Crippen molar-refractivity contribution in [2.24, 2.45) is 5.73 Å². The maximum atomic E-state index is 12.1. The van der Waals surface area contributed by atoms with Gasteiger partial charge in [0.2, 0.25) is 0 Å². The second-order valence-electron chi connectivity index (χ2n) is 5.96. The van der Waals surface area contributed by atoms with E-state index in [0.717, 1.165) is 0 Å². The van der Waals surface area contributed by atoms with Crippen molar-refractivity contribution >= 4 is 6.09 Å². The zero-order chi connectivity index (χ0) is 13.5. The Bertz CT molecular complexity index is 329. The Morgan fingerprint density at radius 3 is 2.78 bits per heavy atom. The minimum atomic E-state index is -0.622. The van der Waals surface area contributed by atoms with E-state index < -0.39 is 17.7 Å². The lowest BCUT2D eigenvalue weighted by molar-refractivity contribution is -0.0684. The minimum Gasteiger partial charge on any atom is -0.444 e. The standard InChI is InChI=1S/C12H22N2O4/c1-12(2,3)18-11(16)14-4-5-17-10-7(14)6-8(15)9(10)13/h7-10,15H,4-6,13H2,1-3H3/t7-,8+,9+,10-/m0/s1. The number of nitrogens with two attached hydrogens (primary N) is 1. The molecule has 104 valence electrons. The molecule has 1 saturated heterocycles. The van der Waals surface area contributed by atoms with Crippen LogP contribution < -0.4 is 5.73 Å². The average molecular weight is 258 g/mol. The largest absolute Gasteiger partial charge is 0.444 e. The normalized spacial score (nSPS) is 36.4. The highest BCUT2D eigenvalue weighted by molar-refractivity contribution is 5.69. The van der Waals surface area contributed by atoms with Crippen molar-refractivity contribution in [1.82, 2.24) is 4.90 Å². The summed E-state index contributed by atoms with van der Waals surface area (Å²) in [6, 6.07) is -0.612. The van der Waals surface area contributed by atoms with Crippen molar-refractivity contribution in [3.63, 3.8) is 0 Å². The van der Waals surface area contributed by atoms with E-state index in [4.69, 9.17) is 15.2 Å². The Morgan fingerprint density at radius 2 is 2.17 bits per heavy atom. The molecule has 0 spiro atoms. The van der Waals surface area contributed by atoms with Crippen LogP contribution in [0.25, 0.3) is 0 Å². The third-order valence-electron chi connectivity index (χ3n) is 3.36. The van der Waals surface area contributed by atoms with Crippen molar-refractivity contribution < 1.29 is 19.4 Å². The molecule has 0 radical (unpaired) electrons. The summed E-state index contributed by atoms with van der Waals surface area (Å²) in [5.41, 5.74) is 5.35. The van der Waals surface area contributed by atoms with Gasteiger partial charge in [-0.3, -0.25) is 0 Å². The van der Waals surface area contributed by atoms with E-state index in [9.17, 15) is 9.90 Å². The number of morpholine rings is 1. The van der Waals surface area contributed by atoms with Crippen LogP contribution in [0.2, 0.25) is 0 Å². The zero-order valence-corrected chi connectivity index (χ0v) is 11.1. The van der Waals surface area contributed by atoms with Crippen molar-refractivity contribution in [2.75, 3.05) is 13.2 Å². The monoisotopic (exact) mass is 258 g/mol. The Kier molecular flexibility index (Phi) is 3.53. The van der Waals surface area contributed by atoms with E-state index in [2.05, 4.69) is 0 Å². The first-order valence-corrected chi connectivity index (χ1v) is 6.34. The molecule has 0 unspecified atom stereocenters. The summed E-state index contributed by atoms with van der Waals surface area (Å²) < 4.78 is 10.9. The Morgan fingerprint density at radius 1 is 1.50 bits per heavy atom. The van der Waals surface area contributed by atoms with Gasteiger partial charge < -0.3 is 25.2 Å². The molecule has 0 aromatic rings. The summed E-state index contributed by atoms with van der Waals surface area (Å²) >= 11 is 0. The van der Waals surface area contributed by atoms with Crippen molar-refractivity contribution in [3.05, 3.63) is 0 Å². The molecule has 0 aromatic carbocycles. The predicted octanol–water partition coefficient (Wildman–Crippen LogP) is 0.0828. The molecule has 1 saturated carbocycles. The topological polar surface area (TPSA) is 85.0 Å². The lowest BCUT2D eigenvalue weighted by Gasteiger charge is -2.38. The molecule has 1 heterocycles. The number of nitrogens with zero attached hydrogens (tertiary/aromatic N) is 1. The van der Waals surface area contributed by atoms with Gasteiger partial charge in [0, 0.05) is 6.54 Å². The summed E-state index contributed by atoms with van der Waals surface area (Å²) in [4.78, 5) is 13.7. The number of aliphatic hydroxyl groups excluding tert-OH is 1. The maximum absolute atomic E-state index is 12.1. The molecule has 1 aliphatic heterocycles. The predicted molar refractivity (Wildman–Crippen MR) is 65.1 cm³/mol. The van der Waals surface area contributed by atoms with Crippen molar-refractivity contribution in [1.29, 1.82) is 0 Å². The van der Waals surface area contributed by atoms with E-state index in [1.807, 2.05) is 20.8 Å². The number of fused-ring (bicyclic) bond motifs is 1. The quantitative estimate of drug-likeness (QED) is 0.643. The van der Waals surface area contributed by atoms with Gasteiger partial charge in [0.05, 0.1) is 30.9 Å². The van der Waals surface area contributed by atoms with Crippen LogP contribution in [0.1, 0.15) is 27.2 Å². The fraction of sp³-hybridized carbons (Fsp3) is 0.917. The first-order valence-electron chi connectivity index (χ1n) is 6.34. The number of carbonyl (C=O) groups is 1. The fourth-order valence-corrected chi connectivity index (χ4v) is 2.54. The summed E-state index contributed by atoms with van der Waals surface area (Å²) in [6.45, 7) is 6.41. The number of rotatable bonds is 0. The molecular formula is C12H22N2O4. The van der Waals surface area contributed by atoms with Crippen molar-refractivity contribution in [2.45, 2.75) is 57.1 Å². The number of ether oxygens (including phenoxy) is 2. The Hall–Kier alpha value is -0.850. The number of hydrogen-bond acceptors (Lipinski definition) is 5. The zero-order valence-electron chi connectivity index (χ0n) is 11.1. The van der Waals surface area contributed by atoms with Gasteiger partial charge in [-0.1, -0.05) is 0 Å². The highest BCUT2D eigenvalue weighted by Crippen LogP contribution is 2.30. The Balaban J connectivity index is 2.07. The molecule has 2 aliphatic rings. The molecular weight excluding hydrogens is 236 g/mol. The number of aliphatic hydroxyl groups is 1. The molecule has 1 aliphatic carbocycles. The van der Waals surface area contributed by atoms with Gasteiger partial charge in [0.25, 0.3) is 0 Å². The van der Waals surface area contributed by atoms with E-state index >= 15 is 0 Å². The maximum Gasteiger partial charge on any atom is 0.410 e. The number of carbonyl (C=O) groups excluding carboxylic acids is 1. The first-order chi connectivity index (χ1) is 8.29. The lowest BCUT2D eigenvalue weighted by Crippen LogP contribution is -2.56. The average Bonchev–Trinajstić information content (AvgIpc) is 2.52. The van der Waals surface area contributed by atoms with E-state index in [1.54, 1.807) is 4.90 Å².